The number of hydrogen-bond donors (Lipinski definition) is 1. The van der Waals surface area contributed by atoms with Crippen molar-refractivity contribution in [1.29, 1.82) is 0 Å². The van der Waals surface area contributed by atoms with Gasteiger partial charge in [0.15, 0.2) is 0 Å². The van der Waals surface area contributed by atoms with Gasteiger partial charge in [-0.05, 0) is 12.5 Å². The van der Waals surface area contributed by atoms with Crippen molar-refractivity contribution < 1.29 is 4.39 Å². The van der Waals surface area contributed by atoms with Crippen LogP contribution in [0.25, 0.3) is 0 Å². The Morgan fingerprint density at radius 2 is 2.21 bits per heavy atom. The third kappa shape index (κ3) is 2.86. The zero-order valence-electron chi connectivity index (χ0n) is 8.26. The van der Waals surface area contributed by atoms with Gasteiger partial charge in [-0.3, -0.25) is 5.32 Å². The standard InChI is InChI=1S/C12H14FN/c1-3-11(4-2)14-9-10-7-5-6-8-12(10)13/h1,5-8,11,14H,4,9H2,2H3. The maximum atomic E-state index is 13.2. The lowest BCUT2D eigenvalue weighted by atomic mass is 10.2. The molecule has 0 amide bonds. The average Bonchev–Trinajstić information content (AvgIpc) is 2.22. The summed E-state index contributed by atoms with van der Waals surface area (Å²) >= 11 is 0. The number of rotatable bonds is 4. The van der Waals surface area contributed by atoms with Gasteiger partial charge in [-0.25, -0.2) is 4.39 Å². The van der Waals surface area contributed by atoms with Gasteiger partial charge in [0.1, 0.15) is 5.82 Å². The summed E-state index contributed by atoms with van der Waals surface area (Å²) in [6.07, 6.45) is 6.13. The van der Waals surface area contributed by atoms with Crippen molar-refractivity contribution in [3.05, 3.63) is 35.6 Å². The molecule has 0 spiro atoms. The van der Waals surface area contributed by atoms with Crippen LogP contribution in [-0.4, -0.2) is 6.04 Å². The topological polar surface area (TPSA) is 12.0 Å². The maximum absolute atomic E-state index is 13.2. The lowest BCUT2D eigenvalue weighted by molar-refractivity contribution is 0.556. The van der Waals surface area contributed by atoms with Gasteiger partial charge in [0.25, 0.3) is 0 Å². The lowest BCUT2D eigenvalue weighted by Crippen LogP contribution is -2.26. The minimum atomic E-state index is -0.188. The molecule has 2 heteroatoms. The van der Waals surface area contributed by atoms with Crippen LogP contribution in [0.5, 0.6) is 0 Å². The molecule has 0 fully saturated rings. The fraction of sp³-hybridized carbons (Fsp3) is 0.333. The molecule has 0 aliphatic heterocycles. The van der Waals surface area contributed by atoms with Crippen LogP contribution in [0, 0.1) is 18.2 Å². The van der Waals surface area contributed by atoms with Crippen LogP contribution in [0.1, 0.15) is 18.9 Å². The first-order valence-corrected chi connectivity index (χ1v) is 4.70. The zero-order chi connectivity index (χ0) is 10.4. The van der Waals surface area contributed by atoms with E-state index in [9.17, 15) is 4.39 Å². The van der Waals surface area contributed by atoms with Crippen LogP contribution in [0.3, 0.4) is 0 Å². The summed E-state index contributed by atoms with van der Waals surface area (Å²) in [4.78, 5) is 0. The third-order valence-corrected chi connectivity index (χ3v) is 2.11. The van der Waals surface area contributed by atoms with Gasteiger partial charge < -0.3 is 0 Å². The van der Waals surface area contributed by atoms with Crippen molar-refractivity contribution in [2.75, 3.05) is 0 Å². The predicted molar refractivity (Wildman–Crippen MR) is 56.2 cm³/mol. The third-order valence-electron chi connectivity index (χ3n) is 2.11. The minimum absolute atomic E-state index is 0.0228. The summed E-state index contributed by atoms with van der Waals surface area (Å²) in [5.41, 5.74) is 0.654. The lowest BCUT2D eigenvalue weighted by Gasteiger charge is -2.10. The van der Waals surface area contributed by atoms with E-state index in [4.69, 9.17) is 6.42 Å². The van der Waals surface area contributed by atoms with Crippen molar-refractivity contribution in [3.63, 3.8) is 0 Å². The molecule has 0 aliphatic carbocycles. The molecule has 74 valence electrons. The molecule has 1 aromatic carbocycles. The first kappa shape index (κ1) is 10.7. The van der Waals surface area contributed by atoms with E-state index in [0.29, 0.717) is 12.1 Å². The minimum Gasteiger partial charge on any atom is -0.299 e. The molecule has 0 saturated carbocycles. The Morgan fingerprint density at radius 3 is 2.79 bits per heavy atom. The van der Waals surface area contributed by atoms with Crippen LogP contribution in [0.15, 0.2) is 24.3 Å². The first-order valence-electron chi connectivity index (χ1n) is 4.70. The molecule has 0 aliphatic rings. The van der Waals surface area contributed by atoms with Crippen LogP contribution in [0.4, 0.5) is 4.39 Å². The number of halogens is 1. The average molecular weight is 191 g/mol. The van der Waals surface area contributed by atoms with E-state index in [-0.39, 0.29) is 11.9 Å². The largest absolute Gasteiger partial charge is 0.299 e. The second kappa shape index (κ2) is 5.41. The Kier molecular flexibility index (Phi) is 4.15. The van der Waals surface area contributed by atoms with E-state index in [1.54, 1.807) is 12.1 Å². The van der Waals surface area contributed by atoms with Crippen molar-refractivity contribution in [2.45, 2.75) is 25.9 Å². The van der Waals surface area contributed by atoms with Gasteiger partial charge >= 0.3 is 0 Å². The normalized spacial score (nSPS) is 12.1. The molecule has 14 heavy (non-hydrogen) atoms. The molecular weight excluding hydrogens is 177 g/mol. The highest BCUT2D eigenvalue weighted by Crippen LogP contribution is 2.06. The smallest absolute Gasteiger partial charge is 0.127 e. The monoisotopic (exact) mass is 191 g/mol. The van der Waals surface area contributed by atoms with Crippen molar-refractivity contribution in [2.24, 2.45) is 0 Å². The fourth-order valence-electron chi connectivity index (χ4n) is 1.20. The Morgan fingerprint density at radius 1 is 1.50 bits per heavy atom. The summed E-state index contributed by atoms with van der Waals surface area (Å²) < 4.78 is 13.2. The molecule has 1 aromatic rings. The Hall–Kier alpha value is -1.33. The summed E-state index contributed by atoms with van der Waals surface area (Å²) in [7, 11) is 0. The molecular formula is C12H14FN. The maximum Gasteiger partial charge on any atom is 0.127 e. The van der Waals surface area contributed by atoms with Gasteiger partial charge in [0.05, 0.1) is 6.04 Å². The summed E-state index contributed by atoms with van der Waals surface area (Å²) in [6.45, 7) is 2.48. The van der Waals surface area contributed by atoms with Crippen LogP contribution in [0.2, 0.25) is 0 Å². The number of benzene rings is 1. The quantitative estimate of drug-likeness (QED) is 0.720. The molecule has 1 unspecified atom stereocenters. The van der Waals surface area contributed by atoms with Crippen LogP contribution in [-0.2, 0) is 6.54 Å². The summed E-state index contributed by atoms with van der Waals surface area (Å²) in [5, 5.41) is 3.10. The Bertz CT molecular complexity index is 327. The van der Waals surface area contributed by atoms with Crippen LogP contribution >= 0.6 is 0 Å². The van der Waals surface area contributed by atoms with E-state index < -0.39 is 0 Å². The van der Waals surface area contributed by atoms with E-state index in [1.807, 2.05) is 13.0 Å². The SMILES string of the molecule is C#CC(CC)NCc1ccccc1F. The molecule has 0 heterocycles. The molecule has 0 bridgehead atoms. The predicted octanol–water partition coefficient (Wildman–Crippen LogP) is 2.33. The highest BCUT2D eigenvalue weighted by Gasteiger charge is 2.03. The molecule has 1 atom stereocenters. The highest BCUT2D eigenvalue weighted by molar-refractivity contribution is 5.17. The molecule has 0 saturated heterocycles. The second-order valence-electron chi connectivity index (χ2n) is 3.10. The van der Waals surface area contributed by atoms with Crippen molar-refractivity contribution in [1.82, 2.24) is 5.32 Å². The second-order valence-corrected chi connectivity index (χ2v) is 3.10. The molecule has 0 aromatic heterocycles. The van der Waals surface area contributed by atoms with E-state index >= 15 is 0 Å². The van der Waals surface area contributed by atoms with Gasteiger partial charge in [0.2, 0.25) is 0 Å². The van der Waals surface area contributed by atoms with Gasteiger partial charge in [-0.2, -0.15) is 0 Å². The van der Waals surface area contributed by atoms with Crippen molar-refractivity contribution >= 4 is 0 Å². The van der Waals surface area contributed by atoms with Crippen LogP contribution < -0.4 is 5.32 Å². The van der Waals surface area contributed by atoms with E-state index in [0.717, 1.165) is 6.42 Å². The van der Waals surface area contributed by atoms with Gasteiger partial charge in [-0.15, -0.1) is 6.42 Å². The van der Waals surface area contributed by atoms with Gasteiger partial charge in [0, 0.05) is 12.1 Å². The van der Waals surface area contributed by atoms with Gasteiger partial charge in [-0.1, -0.05) is 31.0 Å². The highest BCUT2D eigenvalue weighted by atomic mass is 19.1. The fourth-order valence-corrected chi connectivity index (χ4v) is 1.20. The summed E-state index contributed by atoms with van der Waals surface area (Å²) in [5.74, 6) is 2.42. The number of terminal acetylenes is 1. The zero-order valence-corrected chi connectivity index (χ0v) is 8.26. The summed E-state index contributed by atoms with van der Waals surface area (Å²) in [6, 6.07) is 6.72. The van der Waals surface area contributed by atoms with E-state index in [1.165, 1.54) is 6.07 Å². The number of hydrogen-bond acceptors (Lipinski definition) is 1. The first-order chi connectivity index (χ1) is 6.77. The Labute approximate surface area is 84.3 Å². The van der Waals surface area contributed by atoms with Crippen molar-refractivity contribution in [3.8, 4) is 12.3 Å². The molecule has 1 nitrogen and oxygen atoms in total. The number of nitrogens with one attached hydrogen (secondary N) is 1. The molecule has 1 N–H and O–H groups in total. The van der Waals surface area contributed by atoms with E-state index in [2.05, 4.69) is 11.2 Å². The molecule has 1 rings (SSSR count). The molecule has 0 radical (unpaired) electrons. The Balaban J connectivity index is 2.54.